The molecule has 0 atom stereocenters. The van der Waals surface area contributed by atoms with E-state index in [1.165, 1.54) is 0 Å². The molecule has 1 N–H and O–H groups in total. The zero-order valence-corrected chi connectivity index (χ0v) is 12.7. The van der Waals surface area contributed by atoms with Crippen LogP contribution in [0.4, 0.5) is 0 Å². The molecule has 1 aromatic carbocycles. The maximum atomic E-state index is 10.7. The van der Waals surface area contributed by atoms with E-state index in [4.69, 9.17) is 26.2 Å². The van der Waals surface area contributed by atoms with Crippen molar-refractivity contribution in [1.29, 1.82) is 0 Å². The number of aliphatic carboxylic acids is 1. The van der Waals surface area contributed by atoms with Gasteiger partial charge in [0.15, 0.2) is 11.5 Å². The van der Waals surface area contributed by atoms with Crippen LogP contribution in [0.1, 0.15) is 38.7 Å². The second-order valence-electron chi connectivity index (χ2n) is 4.48. The van der Waals surface area contributed by atoms with Crippen molar-refractivity contribution < 1.29 is 19.4 Å². The molecule has 0 aliphatic rings. The molecule has 0 aliphatic heterocycles. The summed E-state index contributed by atoms with van der Waals surface area (Å²) in [6.45, 7) is 5.22. The van der Waals surface area contributed by atoms with Gasteiger partial charge < -0.3 is 14.6 Å². The molecule has 0 unspecified atom stereocenters. The molecule has 4 nitrogen and oxygen atoms in total. The summed E-state index contributed by atoms with van der Waals surface area (Å²) in [7, 11) is 0. The van der Waals surface area contributed by atoms with Crippen LogP contribution in [0.15, 0.2) is 12.1 Å². The minimum absolute atomic E-state index is 0.0438. The Morgan fingerprint density at radius 1 is 1.15 bits per heavy atom. The van der Waals surface area contributed by atoms with E-state index >= 15 is 0 Å². The Bertz CT molecular complexity index is 446. The molecule has 0 amide bonds. The van der Waals surface area contributed by atoms with Crippen LogP contribution in [-0.2, 0) is 11.2 Å². The summed E-state index contributed by atoms with van der Waals surface area (Å²) in [5.74, 6) is 0.401. The summed E-state index contributed by atoms with van der Waals surface area (Å²) >= 11 is 6.17. The fraction of sp³-hybridized carbons (Fsp3) is 0.533. The predicted octanol–water partition coefficient (Wildman–Crippen LogP) is 3.93. The molecular formula is C15H21ClO4. The van der Waals surface area contributed by atoms with E-state index in [1.807, 2.05) is 13.8 Å². The molecule has 0 saturated carbocycles. The van der Waals surface area contributed by atoms with E-state index in [-0.39, 0.29) is 6.42 Å². The molecule has 112 valence electrons. The molecule has 1 rings (SSSR count). The van der Waals surface area contributed by atoms with Gasteiger partial charge in [-0.05, 0) is 30.9 Å². The highest BCUT2D eigenvalue weighted by molar-refractivity contribution is 6.31. The first-order chi connectivity index (χ1) is 9.58. The third kappa shape index (κ3) is 5.29. The van der Waals surface area contributed by atoms with Crippen LogP contribution in [-0.4, -0.2) is 24.3 Å². The molecule has 0 radical (unpaired) electrons. The molecule has 5 heteroatoms. The second kappa shape index (κ2) is 8.69. The van der Waals surface area contributed by atoms with Crippen molar-refractivity contribution >= 4 is 17.6 Å². The van der Waals surface area contributed by atoms with E-state index in [0.29, 0.717) is 36.2 Å². The second-order valence-corrected chi connectivity index (χ2v) is 4.89. The highest BCUT2D eigenvalue weighted by Crippen LogP contribution is 2.34. The van der Waals surface area contributed by atoms with Crippen LogP contribution in [0.2, 0.25) is 5.02 Å². The fourth-order valence-electron chi connectivity index (χ4n) is 1.66. The Morgan fingerprint density at radius 2 is 1.70 bits per heavy atom. The first-order valence-corrected chi connectivity index (χ1v) is 7.26. The van der Waals surface area contributed by atoms with Crippen LogP contribution in [0.25, 0.3) is 0 Å². The summed E-state index contributed by atoms with van der Waals surface area (Å²) in [4.78, 5) is 10.7. The first kappa shape index (κ1) is 16.6. The SMILES string of the molecule is CCCOc1cc(Cl)c(CCC(=O)O)cc1OCCC. The smallest absolute Gasteiger partial charge is 0.303 e. The Balaban J connectivity index is 2.93. The van der Waals surface area contributed by atoms with Gasteiger partial charge in [-0.1, -0.05) is 25.4 Å². The highest BCUT2D eigenvalue weighted by atomic mass is 35.5. The van der Waals surface area contributed by atoms with Crippen LogP contribution in [0, 0.1) is 0 Å². The lowest BCUT2D eigenvalue weighted by Crippen LogP contribution is -2.03. The Labute approximate surface area is 124 Å². The summed E-state index contributed by atoms with van der Waals surface area (Å²) in [6.07, 6.45) is 2.21. The Hall–Kier alpha value is -1.42. The molecule has 0 heterocycles. The van der Waals surface area contributed by atoms with Gasteiger partial charge in [-0.25, -0.2) is 0 Å². The van der Waals surface area contributed by atoms with E-state index in [9.17, 15) is 4.79 Å². The van der Waals surface area contributed by atoms with Gasteiger partial charge in [-0.3, -0.25) is 4.79 Å². The van der Waals surface area contributed by atoms with Gasteiger partial charge in [0.05, 0.1) is 13.2 Å². The van der Waals surface area contributed by atoms with Crippen molar-refractivity contribution in [3.05, 3.63) is 22.7 Å². The fourth-order valence-corrected chi connectivity index (χ4v) is 1.91. The van der Waals surface area contributed by atoms with Crippen molar-refractivity contribution in [3.8, 4) is 11.5 Å². The standard InChI is InChI=1S/C15H21ClO4/c1-3-7-19-13-9-11(5-6-15(17)18)12(16)10-14(13)20-8-4-2/h9-10H,3-8H2,1-2H3,(H,17,18). The van der Waals surface area contributed by atoms with Gasteiger partial charge in [0.1, 0.15) is 0 Å². The summed E-state index contributed by atoms with van der Waals surface area (Å²) < 4.78 is 11.3. The highest BCUT2D eigenvalue weighted by Gasteiger charge is 2.12. The van der Waals surface area contributed by atoms with Crippen LogP contribution < -0.4 is 9.47 Å². The van der Waals surface area contributed by atoms with Gasteiger partial charge >= 0.3 is 5.97 Å². The molecular weight excluding hydrogens is 280 g/mol. The van der Waals surface area contributed by atoms with Gasteiger partial charge in [0.2, 0.25) is 0 Å². The van der Waals surface area contributed by atoms with Crippen LogP contribution >= 0.6 is 11.6 Å². The molecule has 0 aromatic heterocycles. The number of carboxylic acid groups (broad SMARTS) is 1. The monoisotopic (exact) mass is 300 g/mol. The number of ether oxygens (including phenoxy) is 2. The first-order valence-electron chi connectivity index (χ1n) is 6.88. The number of carboxylic acids is 1. The number of hydrogen-bond acceptors (Lipinski definition) is 3. The number of benzene rings is 1. The zero-order chi connectivity index (χ0) is 15.0. The lowest BCUT2D eigenvalue weighted by Gasteiger charge is -2.14. The van der Waals surface area contributed by atoms with E-state index < -0.39 is 5.97 Å². The molecule has 0 bridgehead atoms. The summed E-state index contributed by atoms with van der Waals surface area (Å²) in [5.41, 5.74) is 0.768. The van der Waals surface area contributed by atoms with Crippen molar-refractivity contribution in [1.82, 2.24) is 0 Å². The van der Waals surface area contributed by atoms with E-state index in [1.54, 1.807) is 12.1 Å². The van der Waals surface area contributed by atoms with E-state index in [2.05, 4.69) is 0 Å². The van der Waals surface area contributed by atoms with Gasteiger partial charge in [0, 0.05) is 17.5 Å². The lowest BCUT2D eigenvalue weighted by molar-refractivity contribution is -0.136. The van der Waals surface area contributed by atoms with Crippen molar-refractivity contribution in [2.24, 2.45) is 0 Å². The number of hydrogen-bond donors (Lipinski definition) is 1. The van der Waals surface area contributed by atoms with Crippen molar-refractivity contribution in [3.63, 3.8) is 0 Å². The van der Waals surface area contributed by atoms with Crippen molar-refractivity contribution in [2.45, 2.75) is 39.5 Å². The molecule has 0 saturated heterocycles. The Kier molecular flexibility index (Phi) is 7.23. The topological polar surface area (TPSA) is 55.8 Å². The van der Waals surface area contributed by atoms with Crippen LogP contribution in [0.5, 0.6) is 11.5 Å². The molecule has 0 fully saturated rings. The van der Waals surface area contributed by atoms with Gasteiger partial charge in [-0.15, -0.1) is 0 Å². The lowest BCUT2D eigenvalue weighted by atomic mass is 10.1. The number of aryl methyl sites for hydroxylation is 1. The molecule has 20 heavy (non-hydrogen) atoms. The molecule has 0 aliphatic carbocycles. The minimum atomic E-state index is -0.844. The minimum Gasteiger partial charge on any atom is -0.490 e. The van der Waals surface area contributed by atoms with Gasteiger partial charge in [0.25, 0.3) is 0 Å². The molecule has 1 aromatic rings. The number of carbonyl (C=O) groups is 1. The largest absolute Gasteiger partial charge is 0.490 e. The third-order valence-corrected chi connectivity index (χ3v) is 3.00. The van der Waals surface area contributed by atoms with E-state index in [0.717, 1.165) is 18.4 Å². The maximum absolute atomic E-state index is 10.7. The third-order valence-electron chi connectivity index (χ3n) is 2.64. The number of rotatable bonds is 9. The summed E-state index contributed by atoms with van der Waals surface area (Å²) in [5, 5.41) is 9.26. The number of halogens is 1. The maximum Gasteiger partial charge on any atom is 0.303 e. The Morgan fingerprint density at radius 3 is 2.20 bits per heavy atom. The molecule has 0 spiro atoms. The average molecular weight is 301 g/mol. The van der Waals surface area contributed by atoms with Crippen LogP contribution in [0.3, 0.4) is 0 Å². The van der Waals surface area contributed by atoms with Gasteiger partial charge in [-0.2, -0.15) is 0 Å². The summed E-state index contributed by atoms with van der Waals surface area (Å²) in [6, 6.07) is 3.49. The predicted molar refractivity (Wildman–Crippen MR) is 79.0 cm³/mol. The van der Waals surface area contributed by atoms with Crippen molar-refractivity contribution in [2.75, 3.05) is 13.2 Å². The quantitative estimate of drug-likeness (QED) is 0.750. The average Bonchev–Trinajstić information content (AvgIpc) is 2.42. The normalized spacial score (nSPS) is 10.3. The zero-order valence-electron chi connectivity index (χ0n) is 11.9.